The Kier molecular flexibility index (Phi) is 7.66. The van der Waals surface area contributed by atoms with Gasteiger partial charge in [-0.1, -0.05) is 24.3 Å². The molecule has 0 bridgehead atoms. The number of aliphatic hydroxyl groups is 2. The zero-order valence-electron chi connectivity index (χ0n) is 13.1. The highest BCUT2D eigenvalue weighted by atomic mass is 35.5. The summed E-state index contributed by atoms with van der Waals surface area (Å²) in [6, 6.07) is 15.3. The highest BCUT2D eigenvalue weighted by Gasteiger charge is 2.06. The SMILES string of the molecule is OCC(Cl)COc1ccc(-c2ccc(OCC(Cl)CO)cc2)cc1. The van der Waals surface area contributed by atoms with Gasteiger partial charge in [0.2, 0.25) is 0 Å². The smallest absolute Gasteiger partial charge is 0.119 e. The van der Waals surface area contributed by atoms with Gasteiger partial charge in [0.1, 0.15) is 24.7 Å². The first-order valence-corrected chi connectivity index (χ1v) is 8.45. The maximum atomic E-state index is 8.87. The summed E-state index contributed by atoms with van der Waals surface area (Å²) in [5.41, 5.74) is 2.09. The van der Waals surface area contributed by atoms with Crippen LogP contribution in [0.4, 0.5) is 0 Å². The van der Waals surface area contributed by atoms with Gasteiger partial charge in [-0.05, 0) is 35.4 Å². The number of hydrogen-bond donors (Lipinski definition) is 2. The van der Waals surface area contributed by atoms with Crippen molar-refractivity contribution in [1.82, 2.24) is 0 Å². The Morgan fingerprint density at radius 1 is 0.667 bits per heavy atom. The molecule has 24 heavy (non-hydrogen) atoms. The summed E-state index contributed by atoms with van der Waals surface area (Å²) in [6.45, 7) is 0.297. The molecular weight excluding hydrogens is 351 g/mol. The monoisotopic (exact) mass is 370 g/mol. The molecule has 6 heteroatoms. The molecule has 0 aliphatic heterocycles. The molecule has 2 rings (SSSR count). The largest absolute Gasteiger partial charge is 0.492 e. The number of benzene rings is 2. The normalized spacial score (nSPS) is 13.3. The zero-order valence-corrected chi connectivity index (χ0v) is 14.6. The van der Waals surface area contributed by atoms with E-state index in [9.17, 15) is 0 Å². The van der Waals surface area contributed by atoms with Crippen molar-refractivity contribution < 1.29 is 19.7 Å². The number of aliphatic hydroxyl groups excluding tert-OH is 2. The van der Waals surface area contributed by atoms with Crippen LogP contribution in [0.2, 0.25) is 0 Å². The Bertz CT molecular complexity index is 546. The van der Waals surface area contributed by atoms with Crippen LogP contribution in [0.1, 0.15) is 0 Å². The van der Waals surface area contributed by atoms with Crippen LogP contribution in [0.25, 0.3) is 11.1 Å². The molecule has 4 nitrogen and oxygen atoms in total. The Morgan fingerprint density at radius 2 is 1.00 bits per heavy atom. The molecule has 0 spiro atoms. The average molecular weight is 371 g/mol. The molecule has 0 aromatic heterocycles. The molecule has 2 aromatic carbocycles. The Balaban J connectivity index is 1.93. The fraction of sp³-hybridized carbons (Fsp3) is 0.333. The van der Waals surface area contributed by atoms with Crippen LogP contribution in [0.3, 0.4) is 0 Å². The van der Waals surface area contributed by atoms with Crippen molar-refractivity contribution in [2.24, 2.45) is 0 Å². The molecule has 2 aromatic rings. The predicted octanol–water partition coefficient (Wildman–Crippen LogP) is 3.31. The summed E-state index contributed by atoms with van der Waals surface area (Å²) in [7, 11) is 0. The molecule has 0 fully saturated rings. The summed E-state index contributed by atoms with van der Waals surface area (Å²) in [5, 5.41) is 16.9. The van der Waals surface area contributed by atoms with Crippen LogP contribution in [-0.2, 0) is 0 Å². The van der Waals surface area contributed by atoms with Crippen molar-refractivity contribution in [3.63, 3.8) is 0 Å². The Hall–Kier alpha value is -1.46. The zero-order chi connectivity index (χ0) is 17.4. The van der Waals surface area contributed by atoms with Crippen molar-refractivity contribution in [1.29, 1.82) is 0 Å². The molecule has 0 saturated carbocycles. The number of hydrogen-bond acceptors (Lipinski definition) is 4. The quantitative estimate of drug-likeness (QED) is 0.664. The van der Waals surface area contributed by atoms with Gasteiger partial charge in [0.05, 0.1) is 24.0 Å². The van der Waals surface area contributed by atoms with E-state index in [1.54, 1.807) is 0 Å². The standard InChI is InChI=1S/C18H20Cl2O4/c19-15(9-21)11-23-17-5-1-13(2-6-17)14-3-7-18(8-4-14)24-12-16(20)10-22/h1-8,15-16,21-22H,9-12H2. The maximum Gasteiger partial charge on any atom is 0.119 e. The predicted molar refractivity (Wildman–Crippen MR) is 96.3 cm³/mol. The summed E-state index contributed by atoms with van der Waals surface area (Å²) in [5.74, 6) is 1.41. The molecular formula is C18H20Cl2O4. The summed E-state index contributed by atoms with van der Waals surface area (Å²) in [4.78, 5) is 0. The molecule has 2 atom stereocenters. The number of rotatable bonds is 9. The third-order valence-electron chi connectivity index (χ3n) is 3.30. The Morgan fingerprint density at radius 3 is 1.29 bits per heavy atom. The second kappa shape index (κ2) is 9.74. The molecule has 0 saturated heterocycles. The summed E-state index contributed by atoms with van der Waals surface area (Å²) >= 11 is 11.6. The van der Waals surface area contributed by atoms with Gasteiger partial charge >= 0.3 is 0 Å². The second-order valence-corrected chi connectivity index (χ2v) is 6.46. The van der Waals surface area contributed by atoms with Gasteiger partial charge in [0, 0.05) is 0 Å². The second-order valence-electron chi connectivity index (χ2n) is 5.23. The molecule has 0 heterocycles. The topological polar surface area (TPSA) is 58.9 Å². The van der Waals surface area contributed by atoms with Crippen LogP contribution in [0.15, 0.2) is 48.5 Å². The van der Waals surface area contributed by atoms with Crippen LogP contribution in [0, 0.1) is 0 Å². The van der Waals surface area contributed by atoms with Crippen LogP contribution >= 0.6 is 23.2 Å². The maximum absolute atomic E-state index is 8.87. The highest BCUT2D eigenvalue weighted by molar-refractivity contribution is 6.21. The van der Waals surface area contributed by atoms with Gasteiger partial charge in [-0.2, -0.15) is 0 Å². The van der Waals surface area contributed by atoms with Crippen LogP contribution in [0.5, 0.6) is 11.5 Å². The van der Waals surface area contributed by atoms with Gasteiger partial charge in [-0.15, -0.1) is 23.2 Å². The molecule has 130 valence electrons. The third kappa shape index (κ3) is 5.87. The van der Waals surface area contributed by atoms with E-state index in [0.29, 0.717) is 11.5 Å². The lowest BCUT2D eigenvalue weighted by Crippen LogP contribution is -2.15. The van der Waals surface area contributed by atoms with Gasteiger partial charge in [0.25, 0.3) is 0 Å². The molecule has 2 N–H and O–H groups in total. The summed E-state index contributed by atoms with van der Waals surface area (Å²) in [6.07, 6.45) is 0. The molecule has 0 aliphatic carbocycles. The van der Waals surface area contributed by atoms with Gasteiger partial charge < -0.3 is 19.7 Å². The molecule has 2 unspecified atom stereocenters. The first kappa shape index (κ1) is 18.9. The van der Waals surface area contributed by atoms with E-state index in [4.69, 9.17) is 42.9 Å². The fourth-order valence-corrected chi connectivity index (χ4v) is 2.09. The highest BCUT2D eigenvalue weighted by Crippen LogP contribution is 2.25. The van der Waals surface area contributed by atoms with E-state index in [1.165, 1.54) is 0 Å². The fourth-order valence-electron chi connectivity index (χ4n) is 1.97. The summed E-state index contributed by atoms with van der Waals surface area (Å²) < 4.78 is 11.0. The van der Waals surface area contributed by atoms with E-state index >= 15 is 0 Å². The van der Waals surface area contributed by atoms with Crippen LogP contribution < -0.4 is 9.47 Å². The first-order valence-electron chi connectivity index (χ1n) is 7.58. The van der Waals surface area contributed by atoms with E-state index in [2.05, 4.69) is 0 Å². The number of halogens is 2. The van der Waals surface area contributed by atoms with Crippen molar-refractivity contribution >= 4 is 23.2 Å². The van der Waals surface area contributed by atoms with E-state index in [0.717, 1.165) is 11.1 Å². The lowest BCUT2D eigenvalue weighted by atomic mass is 10.1. The number of ether oxygens (including phenoxy) is 2. The lowest BCUT2D eigenvalue weighted by molar-refractivity contribution is 0.237. The van der Waals surface area contributed by atoms with Crippen molar-refractivity contribution in [2.45, 2.75) is 10.8 Å². The average Bonchev–Trinajstić information content (AvgIpc) is 2.65. The lowest BCUT2D eigenvalue weighted by Gasteiger charge is -2.11. The van der Waals surface area contributed by atoms with Crippen molar-refractivity contribution in [3.05, 3.63) is 48.5 Å². The molecule has 0 radical (unpaired) electrons. The van der Waals surface area contributed by atoms with E-state index in [-0.39, 0.29) is 26.4 Å². The molecule has 0 amide bonds. The van der Waals surface area contributed by atoms with E-state index in [1.807, 2.05) is 48.5 Å². The van der Waals surface area contributed by atoms with Crippen molar-refractivity contribution in [3.8, 4) is 22.6 Å². The number of alkyl halides is 2. The van der Waals surface area contributed by atoms with Gasteiger partial charge in [-0.3, -0.25) is 0 Å². The first-order chi connectivity index (χ1) is 11.6. The van der Waals surface area contributed by atoms with E-state index < -0.39 is 10.8 Å². The van der Waals surface area contributed by atoms with Gasteiger partial charge in [0.15, 0.2) is 0 Å². The Labute approximate surface area is 151 Å². The third-order valence-corrected chi connectivity index (χ3v) is 3.83. The van der Waals surface area contributed by atoms with Crippen LogP contribution in [-0.4, -0.2) is 47.4 Å². The molecule has 0 aliphatic rings. The minimum Gasteiger partial charge on any atom is -0.492 e. The van der Waals surface area contributed by atoms with Crippen molar-refractivity contribution in [2.75, 3.05) is 26.4 Å². The minimum atomic E-state index is -0.407. The minimum absolute atomic E-state index is 0.114. The van der Waals surface area contributed by atoms with Gasteiger partial charge in [-0.25, -0.2) is 0 Å².